The molecular formula is C45H78NO8P. The molecule has 0 heterocycles. The lowest BCUT2D eigenvalue weighted by Gasteiger charge is -2.20. The first-order chi connectivity index (χ1) is 26.7. The van der Waals surface area contributed by atoms with Crippen LogP contribution in [0.25, 0.3) is 0 Å². The maximum Gasteiger partial charge on any atom is 0.472 e. The Labute approximate surface area is 336 Å². The second kappa shape index (κ2) is 39.7. The van der Waals surface area contributed by atoms with E-state index in [0.29, 0.717) is 19.4 Å². The van der Waals surface area contributed by atoms with E-state index in [4.69, 9.17) is 18.5 Å². The van der Waals surface area contributed by atoms with Crippen molar-refractivity contribution in [2.24, 2.45) is 0 Å². The number of hydrogen-bond acceptors (Lipinski definition) is 8. The zero-order chi connectivity index (χ0) is 40.5. The SMILES string of the molecule is CC/C=C\C/C=C\C/C=C\C/C=C\CCCCCCC(=O)OCC(COP(=O)(O)OCCN(C)C)OC(=O)CCCCCCC/C=C\C/C=C\CCCCC. The van der Waals surface area contributed by atoms with Crippen LogP contribution in [0.5, 0.6) is 0 Å². The van der Waals surface area contributed by atoms with Gasteiger partial charge in [0.15, 0.2) is 6.10 Å². The van der Waals surface area contributed by atoms with Crippen LogP contribution >= 0.6 is 7.82 Å². The van der Waals surface area contributed by atoms with Crippen LogP contribution in [0.2, 0.25) is 0 Å². The quantitative estimate of drug-likeness (QED) is 0.0283. The molecular weight excluding hydrogens is 713 g/mol. The van der Waals surface area contributed by atoms with E-state index in [2.05, 4.69) is 86.8 Å². The lowest BCUT2D eigenvalue weighted by molar-refractivity contribution is -0.161. The number of carbonyl (C=O) groups is 2. The highest BCUT2D eigenvalue weighted by atomic mass is 31.2. The molecule has 1 N–H and O–H groups in total. The molecule has 0 spiro atoms. The molecule has 2 atom stereocenters. The molecule has 0 bridgehead atoms. The number of allylic oxidation sites excluding steroid dienone is 12. The molecule has 0 fully saturated rings. The van der Waals surface area contributed by atoms with E-state index >= 15 is 0 Å². The van der Waals surface area contributed by atoms with Crippen molar-refractivity contribution in [3.8, 4) is 0 Å². The molecule has 10 heteroatoms. The summed E-state index contributed by atoms with van der Waals surface area (Å²) in [7, 11) is -0.740. The van der Waals surface area contributed by atoms with Gasteiger partial charge in [0.2, 0.25) is 0 Å². The highest BCUT2D eigenvalue weighted by Crippen LogP contribution is 2.43. The third-order valence-electron chi connectivity index (χ3n) is 8.50. The van der Waals surface area contributed by atoms with Crippen LogP contribution in [-0.2, 0) is 32.7 Å². The van der Waals surface area contributed by atoms with Gasteiger partial charge in [-0.2, -0.15) is 0 Å². The number of rotatable bonds is 38. The van der Waals surface area contributed by atoms with Crippen LogP contribution in [0, 0.1) is 0 Å². The first-order valence-corrected chi connectivity index (χ1v) is 22.7. The highest BCUT2D eigenvalue weighted by Gasteiger charge is 2.26. The monoisotopic (exact) mass is 792 g/mol. The molecule has 0 amide bonds. The number of unbranched alkanes of at least 4 members (excludes halogenated alkanes) is 12. The normalized spacial score (nSPS) is 14.1. The molecule has 316 valence electrons. The van der Waals surface area contributed by atoms with E-state index in [-0.39, 0.29) is 26.1 Å². The topological polar surface area (TPSA) is 112 Å². The van der Waals surface area contributed by atoms with Crippen molar-refractivity contribution in [1.82, 2.24) is 4.90 Å². The minimum atomic E-state index is -4.37. The van der Waals surface area contributed by atoms with Gasteiger partial charge in [-0.3, -0.25) is 18.6 Å². The molecule has 0 aromatic carbocycles. The number of carbonyl (C=O) groups excluding carboxylic acids is 2. The van der Waals surface area contributed by atoms with Gasteiger partial charge in [0.1, 0.15) is 6.61 Å². The van der Waals surface area contributed by atoms with Gasteiger partial charge in [-0.15, -0.1) is 0 Å². The fraction of sp³-hybridized carbons (Fsp3) is 0.689. The first kappa shape index (κ1) is 52.5. The molecule has 0 saturated heterocycles. The zero-order valence-electron chi connectivity index (χ0n) is 35.1. The highest BCUT2D eigenvalue weighted by molar-refractivity contribution is 7.47. The predicted octanol–water partition coefficient (Wildman–Crippen LogP) is 12.1. The summed E-state index contributed by atoms with van der Waals surface area (Å²) in [6, 6.07) is 0. The number of likely N-dealkylation sites (N-methyl/N-ethyl adjacent to an activating group) is 1. The lowest BCUT2D eigenvalue weighted by atomic mass is 10.1. The third-order valence-corrected chi connectivity index (χ3v) is 9.48. The van der Waals surface area contributed by atoms with E-state index in [0.717, 1.165) is 89.9 Å². The Morgan fingerprint density at radius 1 is 0.582 bits per heavy atom. The number of phosphoric ester groups is 1. The first-order valence-electron chi connectivity index (χ1n) is 21.2. The second-order valence-corrected chi connectivity index (χ2v) is 15.6. The maximum atomic E-state index is 12.6. The van der Waals surface area contributed by atoms with Gasteiger partial charge in [0, 0.05) is 19.4 Å². The van der Waals surface area contributed by atoms with Gasteiger partial charge < -0.3 is 19.3 Å². The Bertz CT molecular complexity index is 1140. The summed E-state index contributed by atoms with van der Waals surface area (Å²) in [5.41, 5.74) is 0. The van der Waals surface area contributed by atoms with Crippen molar-refractivity contribution in [1.29, 1.82) is 0 Å². The van der Waals surface area contributed by atoms with Crippen molar-refractivity contribution in [3.63, 3.8) is 0 Å². The van der Waals surface area contributed by atoms with Crippen LogP contribution in [0.15, 0.2) is 72.9 Å². The molecule has 0 radical (unpaired) electrons. The molecule has 0 aromatic rings. The minimum absolute atomic E-state index is 0.00349. The van der Waals surface area contributed by atoms with Crippen LogP contribution in [0.3, 0.4) is 0 Å². The van der Waals surface area contributed by atoms with Crippen LogP contribution < -0.4 is 0 Å². The van der Waals surface area contributed by atoms with Crippen LogP contribution in [0.1, 0.15) is 155 Å². The molecule has 0 aliphatic carbocycles. The van der Waals surface area contributed by atoms with Gasteiger partial charge in [-0.25, -0.2) is 4.57 Å². The Morgan fingerprint density at radius 2 is 1.04 bits per heavy atom. The number of esters is 2. The Morgan fingerprint density at radius 3 is 1.55 bits per heavy atom. The molecule has 0 saturated carbocycles. The number of nitrogens with zero attached hydrogens (tertiary/aromatic N) is 1. The predicted molar refractivity (Wildman–Crippen MR) is 229 cm³/mol. The maximum absolute atomic E-state index is 12.6. The van der Waals surface area contributed by atoms with E-state index in [1.807, 2.05) is 19.0 Å². The molecule has 0 aromatic heterocycles. The third kappa shape index (κ3) is 40.9. The Hall–Kier alpha value is -2.55. The van der Waals surface area contributed by atoms with Crippen LogP contribution in [-0.4, -0.2) is 68.3 Å². The standard InChI is InChI=1S/C45H78NO8P/c1-5-7-9-11-13-15-17-19-21-22-24-25-27-29-31-33-35-37-44(47)51-41-43(42-53-55(49,50)52-40-39-46(3)4)54-45(48)38-36-34-32-30-28-26-23-20-18-16-14-12-10-8-6-2/h7,9,13-16,19-21,23-25,43H,5-6,8,10-12,17-18,22,26-42H2,1-4H3,(H,49,50)/b9-7-,15-13-,16-14-,21-19-,23-20-,25-24-. The average molecular weight is 792 g/mol. The zero-order valence-corrected chi connectivity index (χ0v) is 36.0. The van der Waals surface area contributed by atoms with Gasteiger partial charge in [-0.05, 0) is 97.6 Å². The summed E-state index contributed by atoms with van der Waals surface area (Å²) >= 11 is 0. The van der Waals surface area contributed by atoms with Crippen LogP contribution in [0.4, 0.5) is 0 Å². The number of hydrogen-bond donors (Lipinski definition) is 1. The molecule has 9 nitrogen and oxygen atoms in total. The van der Waals surface area contributed by atoms with Crippen molar-refractivity contribution in [2.45, 2.75) is 161 Å². The van der Waals surface area contributed by atoms with Gasteiger partial charge >= 0.3 is 19.8 Å². The lowest BCUT2D eigenvalue weighted by Crippen LogP contribution is -2.29. The fourth-order valence-electron chi connectivity index (χ4n) is 5.24. The number of ether oxygens (including phenoxy) is 2. The van der Waals surface area contributed by atoms with E-state index < -0.39 is 32.5 Å². The van der Waals surface area contributed by atoms with Crippen molar-refractivity contribution in [3.05, 3.63) is 72.9 Å². The second-order valence-electron chi connectivity index (χ2n) is 14.1. The fourth-order valence-corrected chi connectivity index (χ4v) is 5.98. The number of phosphoric acid groups is 1. The summed E-state index contributed by atoms with van der Waals surface area (Å²) in [6.45, 7) is 4.12. The molecule has 0 rings (SSSR count). The summed E-state index contributed by atoms with van der Waals surface area (Å²) < 4.78 is 33.4. The summed E-state index contributed by atoms with van der Waals surface area (Å²) in [5.74, 6) is -0.854. The van der Waals surface area contributed by atoms with Crippen molar-refractivity contribution < 1.29 is 37.6 Å². The Balaban J connectivity index is 4.39. The average Bonchev–Trinajstić information content (AvgIpc) is 3.15. The van der Waals surface area contributed by atoms with E-state index in [1.165, 1.54) is 25.7 Å². The molecule has 55 heavy (non-hydrogen) atoms. The van der Waals surface area contributed by atoms with E-state index in [9.17, 15) is 19.0 Å². The largest absolute Gasteiger partial charge is 0.472 e. The minimum Gasteiger partial charge on any atom is -0.462 e. The summed E-state index contributed by atoms with van der Waals surface area (Å²) in [6.07, 6.45) is 46.6. The van der Waals surface area contributed by atoms with Crippen molar-refractivity contribution >= 4 is 19.8 Å². The molecule has 2 unspecified atom stereocenters. The van der Waals surface area contributed by atoms with Gasteiger partial charge in [0.05, 0.1) is 13.2 Å². The van der Waals surface area contributed by atoms with Gasteiger partial charge in [0.25, 0.3) is 0 Å². The summed E-state index contributed by atoms with van der Waals surface area (Å²) in [5, 5.41) is 0. The van der Waals surface area contributed by atoms with Crippen molar-refractivity contribution in [2.75, 3.05) is 40.5 Å². The van der Waals surface area contributed by atoms with Gasteiger partial charge in [-0.1, -0.05) is 132 Å². The van der Waals surface area contributed by atoms with E-state index in [1.54, 1.807) is 0 Å². The molecule has 0 aliphatic rings. The summed E-state index contributed by atoms with van der Waals surface area (Å²) in [4.78, 5) is 37.0. The smallest absolute Gasteiger partial charge is 0.462 e. The Kier molecular flexibility index (Phi) is 37.8. The molecule has 0 aliphatic heterocycles.